The standard InChI is InChI=1S/C20H19N7O2S/c28-20(15-4-1-5-17(10-15)27-13-21-24-25-27)26-7-2-3-14(11-26)9-18-22-19(23-29-18)16-6-8-30-12-16/h1,4-6,8,10,12-14H,2-3,7,9,11H2. The molecule has 152 valence electrons. The van der Waals surface area contributed by atoms with Gasteiger partial charge in [-0.2, -0.15) is 16.3 Å². The third-order valence-corrected chi connectivity index (χ3v) is 5.91. The summed E-state index contributed by atoms with van der Waals surface area (Å²) in [5.74, 6) is 1.55. The molecule has 0 radical (unpaired) electrons. The Morgan fingerprint density at radius 2 is 2.27 bits per heavy atom. The van der Waals surface area contributed by atoms with Crippen molar-refractivity contribution >= 4 is 17.2 Å². The van der Waals surface area contributed by atoms with Gasteiger partial charge in [-0.25, -0.2) is 4.68 Å². The van der Waals surface area contributed by atoms with Crippen LogP contribution >= 0.6 is 11.3 Å². The topological polar surface area (TPSA) is 103 Å². The molecule has 4 heterocycles. The van der Waals surface area contributed by atoms with Crippen LogP contribution in [0.5, 0.6) is 0 Å². The lowest BCUT2D eigenvalue weighted by molar-refractivity contribution is 0.0668. The summed E-state index contributed by atoms with van der Waals surface area (Å²) in [6, 6.07) is 9.32. The Hall–Kier alpha value is -3.40. The van der Waals surface area contributed by atoms with Crippen molar-refractivity contribution < 1.29 is 9.32 Å². The quantitative estimate of drug-likeness (QED) is 0.488. The fourth-order valence-electron chi connectivity index (χ4n) is 3.75. The first kappa shape index (κ1) is 18.6. The van der Waals surface area contributed by atoms with E-state index in [9.17, 15) is 4.79 Å². The first-order valence-corrected chi connectivity index (χ1v) is 10.7. The number of piperidine rings is 1. The molecule has 1 aliphatic heterocycles. The van der Waals surface area contributed by atoms with Crippen LogP contribution in [0, 0.1) is 5.92 Å². The van der Waals surface area contributed by atoms with E-state index < -0.39 is 0 Å². The zero-order valence-electron chi connectivity index (χ0n) is 16.1. The Morgan fingerprint density at radius 1 is 1.30 bits per heavy atom. The molecule has 5 rings (SSSR count). The smallest absolute Gasteiger partial charge is 0.253 e. The molecule has 30 heavy (non-hydrogen) atoms. The zero-order chi connectivity index (χ0) is 20.3. The van der Waals surface area contributed by atoms with Crippen LogP contribution in [0.2, 0.25) is 0 Å². The van der Waals surface area contributed by atoms with Gasteiger partial charge >= 0.3 is 0 Å². The first-order chi connectivity index (χ1) is 14.8. The summed E-state index contributed by atoms with van der Waals surface area (Å²) in [5, 5.41) is 19.3. The van der Waals surface area contributed by atoms with E-state index in [-0.39, 0.29) is 5.91 Å². The lowest BCUT2D eigenvalue weighted by Gasteiger charge is -2.32. The number of likely N-dealkylation sites (tertiary alicyclic amines) is 1. The number of thiophene rings is 1. The highest BCUT2D eigenvalue weighted by Crippen LogP contribution is 2.24. The lowest BCUT2D eigenvalue weighted by atomic mass is 9.94. The fraction of sp³-hybridized carbons (Fsp3) is 0.300. The van der Waals surface area contributed by atoms with Crippen LogP contribution in [0.3, 0.4) is 0 Å². The van der Waals surface area contributed by atoms with E-state index >= 15 is 0 Å². The summed E-state index contributed by atoms with van der Waals surface area (Å²) in [6.07, 6.45) is 4.17. The van der Waals surface area contributed by atoms with Gasteiger partial charge in [0.05, 0.1) is 5.69 Å². The van der Waals surface area contributed by atoms with Crippen molar-refractivity contribution in [3.63, 3.8) is 0 Å². The normalized spacial score (nSPS) is 16.7. The first-order valence-electron chi connectivity index (χ1n) is 9.74. The van der Waals surface area contributed by atoms with Gasteiger partial charge in [0.25, 0.3) is 5.91 Å². The molecule has 1 fully saturated rings. The Kier molecular flexibility index (Phi) is 5.06. The third kappa shape index (κ3) is 3.86. The molecule has 0 saturated carbocycles. The minimum Gasteiger partial charge on any atom is -0.339 e. The van der Waals surface area contributed by atoms with Crippen molar-refractivity contribution in [2.24, 2.45) is 5.92 Å². The van der Waals surface area contributed by atoms with Crippen LogP contribution in [-0.4, -0.2) is 54.2 Å². The minimum atomic E-state index is 0.0131. The van der Waals surface area contributed by atoms with Gasteiger partial charge in [0.1, 0.15) is 6.33 Å². The average molecular weight is 421 g/mol. The molecule has 1 amide bonds. The van der Waals surface area contributed by atoms with Crippen molar-refractivity contribution in [1.82, 2.24) is 35.2 Å². The second kappa shape index (κ2) is 8.15. The number of hydrogen-bond donors (Lipinski definition) is 0. The molecule has 1 saturated heterocycles. The van der Waals surface area contributed by atoms with Gasteiger partial charge in [-0.15, -0.1) is 5.10 Å². The molecule has 1 aliphatic rings. The van der Waals surface area contributed by atoms with Crippen LogP contribution in [0.15, 0.2) is 51.9 Å². The van der Waals surface area contributed by atoms with Crippen molar-refractivity contribution in [3.8, 4) is 17.1 Å². The van der Waals surface area contributed by atoms with Crippen molar-refractivity contribution in [2.75, 3.05) is 13.1 Å². The molecular formula is C20H19N7O2S. The molecular weight excluding hydrogens is 402 g/mol. The number of rotatable bonds is 5. The number of carbonyl (C=O) groups is 1. The molecule has 0 spiro atoms. The van der Waals surface area contributed by atoms with Gasteiger partial charge in [-0.1, -0.05) is 11.2 Å². The summed E-state index contributed by atoms with van der Waals surface area (Å²) in [4.78, 5) is 19.5. The second-order valence-electron chi connectivity index (χ2n) is 7.29. The van der Waals surface area contributed by atoms with E-state index in [0.717, 1.165) is 30.6 Å². The maximum absolute atomic E-state index is 13.1. The van der Waals surface area contributed by atoms with E-state index in [0.29, 0.717) is 36.2 Å². The molecule has 1 atom stereocenters. The monoisotopic (exact) mass is 421 g/mol. The predicted molar refractivity (Wildman–Crippen MR) is 109 cm³/mol. The summed E-state index contributed by atoms with van der Waals surface area (Å²) in [5.41, 5.74) is 2.35. The van der Waals surface area contributed by atoms with E-state index in [2.05, 4.69) is 25.7 Å². The molecule has 3 aromatic heterocycles. The van der Waals surface area contributed by atoms with Crippen LogP contribution in [0.1, 0.15) is 29.1 Å². The number of nitrogens with zero attached hydrogens (tertiary/aromatic N) is 7. The van der Waals surface area contributed by atoms with Gasteiger partial charge in [-0.05, 0) is 58.8 Å². The van der Waals surface area contributed by atoms with E-state index in [1.54, 1.807) is 11.3 Å². The zero-order valence-corrected chi connectivity index (χ0v) is 16.9. The maximum Gasteiger partial charge on any atom is 0.253 e. The second-order valence-corrected chi connectivity index (χ2v) is 8.07. The molecule has 4 aromatic rings. The summed E-state index contributed by atoms with van der Waals surface area (Å²) in [7, 11) is 0. The highest BCUT2D eigenvalue weighted by Gasteiger charge is 2.26. The minimum absolute atomic E-state index is 0.0131. The molecule has 0 bridgehead atoms. The SMILES string of the molecule is O=C(c1cccc(-n2cnnn2)c1)N1CCCC(Cc2nc(-c3ccsc3)no2)C1. The average Bonchev–Trinajstić information content (AvgIpc) is 3.56. The Morgan fingerprint density at radius 3 is 3.10 bits per heavy atom. The lowest BCUT2D eigenvalue weighted by Crippen LogP contribution is -2.40. The Labute approximate surface area is 176 Å². The summed E-state index contributed by atoms with van der Waals surface area (Å²) < 4.78 is 6.99. The Bertz CT molecular complexity index is 1120. The van der Waals surface area contributed by atoms with Crippen LogP contribution in [-0.2, 0) is 6.42 Å². The van der Waals surface area contributed by atoms with Gasteiger partial charge in [0, 0.05) is 36.0 Å². The van der Waals surface area contributed by atoms with Crippen molar-refractivity contribution in [3.05, 3.63) is 58.9 Å². The highest BCUT2D eigenvalue weighted by atomic mass is 32.1. The largest absolute Gasteiger partial charge is 0.339 e. The number of tetrazole rings is 1. The van der Waals surface area contributed by atoms with E-state index in [1.807, 2.05) is 46.0 Å². The van der Waals surface area contributed by atoms with Gasteiger partial charge < -0.3 is 9.42 Å². The van der Waals surface area contributed by atoms with Crippen LogP contribution in [0.25, 0.3) is 17.1 Å². The van der Waals surface area contributed by atoms with Crippen LogP contribution in [0.4, 0.5) is 0 Å². The molecule has 1 aromatic carbocycles. The summed E-state index contributed by atoms with van der Waals surface area (Å²) in [6.45, 7) is 1.42. The molecule has 9 nitrogen and oxygen atoms in total. The maximum atomic E-state index is 13.1. The molecule has 1 unspecified atom stereocenters. The highest BCUT2D eigenvalue weighted by molar-refractivity contribution is 7.08. The van der Waals surface area contributed by atoms with Crippen LogP contribution < -0.4 is 0 Å². The van der Waals surface area contributed by atoms with Gasteiger partial charge in [-0.3, -0.25) is 4.79 Å². The summed E-state index contributed by atoms with van der Waals surface area (Å²) >= 11 is 1.60. The third-order valence-electron chi connectivity index (χ3n) is 5.22. The number of amides is 1. The fourth-order valence-corrected chi connectivity index (χ4v) is 4.39. The number of hydrogen-bond acceptors (Lipinski definition) is 8. The molecule has 0 aliphatic carbocycles. The van der Waals surface area contributed by atoms with Crippen molar-refractivity contribution in [2.45, 2.75) is 19.3 Å². The number of benzene rings is 1. The van der Waals surface area contributed by atoms with E-state index in [1.165, 1.54) is 11.0 Å². The number of aromatic nitrogens is 6. The van der Waals surface area contributed by atoms with Gasteiger partial charge in [0.15, 0.2) is 0 Å². The predicted octanol–water partition coefficient (Wildman–Crippen LogP) is 2.87. The van der Waals surface area contributed by atoms with Gasteiger partial charge in [0.2, 0.25) is 11.7 Å². The molecule has 0 N–H and O–H groups in total. The van der Waals surface area contributed by atoms with Crippen molar-refractivity contribution in [1.29, 1.82) is 0 Å². The Balaban J connectivity index is 1.26. The number of carbonyl (C=O) groups excluding carboxylic acids is 1. The molecule has 10 heteroatoms. The van der Waals surface area contributed by atoms with E-state index in [4.69, 9.17) is 4.52 Å².